The molecule has 1 aliphatic rings. The molecule has 0 amide bonds. The lowest BCUT2D eigenvalue weighted by molar-refractivity contribution is -0.137. The standard InChI is InChI=1S/C17H16F3NO2S/c18-17(19,20)13-8-10-14(11-9-13)24(22,23)21-16-7-3-5-12-4-1-2-6-15(12)16/h1-2,4,6,8-11,16,21H,3,5,7H2. The van der Waals surface area contributed by atoms with Gasteiger partial charge in [-0.1, -0.05) is 24.3 Å². The number of sulfonamides is 1. The van der Waals surface area contributed by atoms with Crippen LogP contribution in [0.5, 0.6) is 0 Å². The van der Waals surface area contributed by atoms with Crippen molar-refractivity contribution in [1.29, 1.82) is 0 Å². The maximum atomic E-state index is 12.6. The van der Waals surface area contributed by atoms with E-state index >= 15 is 0 Å². The minimum atomic E-state index is -4.49. The molecule has 0 radical (unpaired) electrons. The van der Waals surface area contributed by atoms with Crippen LogP contribution in [0.3, 0.4) is 0 Å². The Morgan fingerprint density at radius 3 is 2.33 bits per heavy atom. The van der Waals surface area contributed by atoms with Crippen LogP contribution in [-0.2, 0) is 22.6 Å². The van der Waals surface area contributed by atoms with E-state index in [1.807, 2.05) is 24.3 Å². The minimum absolute atomic E-state index is 0.168. The third-order valence-corrected chi connectivity index (χ3v) is 5.65. The van der Waals surface area contributed by atoms with Crippen molar-refractivity contribution >= 4 is 10.0 Å². The molecule has 2 aromatic rings. The maximum absolute atomic E-state index is 12.6. The first-order valence-electron chi connectivity index (χ1n) is 7.55. The highest BCUT2D eigenvalue weighted by molar-refractivity contribution is 7.89. The molecule has 1 aliphatic carbocycles. The third-order valence-electron chi connectivity index (χ3n) is 4.16. The van der Waals surface area contributed by atoms with Crippen LogP contribution in [0.15, 0.2) is 53.4 Å². The number of aryl methyl sites for hydroxylation is 1. The van der Waals surface area contributed by atoms with Crippen molar-refractivity contribution in [2.45, 2.75) is 36.4 Å². The van der Waals surface area contributed by atoms with Crippen LogP contribution in [0, 0.1) is 0 Å². The predicted octanol–water partition coefficient (Wildman–Crippen LogP) is 4.06. The Morgan fingerprint density at radius 1 is 1.00 bits per heavy atom. The van der Waals surface area contributed by atoms with E-state index in [9.17, 15) is 21.6 Å². The van der Waals surface area contributed by atoms with Crippen LogP contribution in [0.4, 0.5) is 13.2 Å². The van der Waals surface area contributed by atoms with Gasteiger partial charge in [0.25, 0.3) is 0 Å². The van der Waals surface area contributed by atoms with Crippen LogP contribution in [0.25, 0.3) is 0 Å². The Balaban J connectivity index is 1.85. The van der Waals surface area contributed by atoms with Crippen LogP contribution in [0.2, 0.25) is 0 Å². The first-order valence-corrected chi connectivity index (χ1v) is 9.03. The van der Waals surface area contributed by atoms with Crippen molar-refractivity contribution in [2.24, 2.45) is 0 Å². The highest BCUT2D eigenvalue weighted by Gasteiger charge is 2.31. The average Bonchev–Trinajstić information content (AvgIpc) is 2.54. The lowest BCUT2D eigenvalue weighted by atomic mass is 9.88. The van der Waals surface area contributed by atoms with Gasteiger partial charge in [-0.3, -0.25) is 0 Å². The fourth-order valence-electron chi connectivity index (χ4n) is 2.95. The lowest BCUT2D eigenvalue weighted by Crippen LogP contribution is -2.31. The predicted molar refractivity (Wildman–Crippen MR) is 83.9 cm³/mol. The van der Waals surface area contributed by atoms with Crippen LogP contribution in [0.1, 0.15) is 35.6 Å². The van der Waals surface area contributed by atoms with Gasteiger partial charge in [0, 0.05) is 6.04 Å². The van der Waals surface area contributed by atoms with Crippen LogP contribution in [-0.4, -0.2) is 8.42 Å². The molecule has 2 aromatic carbocycles. The number of rotatable bonds is 3. The summed E-state index contributed by atoms with van der Waals surface area (Å²) in [6.07, 6.45) is -2.07. The van der Waals surface area contributed by atoms with Crippen molar-refractivity contribution < 1.29 is 21.6 Å². The second-order valence-corrected chi connectivity index (χ2v) is 7.50. The number of halogens is 3. The number of alkyl halides is 3. The summed E-state index contributed by atoms with van der Waals surface area (Å²) in [5, 5.41) is 0. The Bertz CT molecular complexity index is 830. The molecule has 0 aromatic heterocycles. The summed E-state index contributed by atoms with van der Waals surface area (Å²) in [5.41, 5.74) is 1.16. The van der Waals surface area contributed by atoms with Gasteiger partial charge in [-0.2, -0.15) is 13.2 Å². The number of nitrogens with one attached hydrogen (secondary N) is 1. The van der Waals surface area contributed by atoms with Gasteiger partial charge < -0.3 is 0 Å². The van der Waals surface area contributed by atoms with E-state index in [2.05, 4.69) is 4.72 Å². The zero-order valence-corrected chi connectivity index (χ0v) is 13.5. The molecule has 0 heterocycles. The fraction of sp³-hybridized carbons (Fsp3) is 0.294. The smallest absolute Gasteiger partial charge is 0.207 e. The zero-order chi connectivity index (χ0) is 17.4. The Morgan fingerprint density at radius 2 is 1.67 bits per heavy atom. The Kier molecular flexibility index (Phi) is 4.40. The fourth-order valence-corrected chi connectivity index (χ4v) is 4.20. The third kappa shape index (κ3) is 3.47. The highest BCUT2D eigenvalue weighted by Crippen LogP contribution is 2.32. The summed E-state index contributed by atoms with van der Waals surface area (Å²) in [5.74, 6) is 0. The van der Waals surface area contributed by atoms with Crippen LogP contribution < -0.4 is 4.72 Å². The van der Waals surface area contributed by atoms with E-state index in [4.69, 9.17) is 0 Å². The summed E-state index contributed by atoms with van der Waals surface area (Å²) in [7, 11) is -3.88. The molecule has 7 heteroatoms. The largest absolute Gasteiger partial charge is 0.416 e. The van der Waals surface area contributed by atoms with Crippen molar-refractivity contribution in [3.8, 4) is 0 Å². The second kappa shape index (κ2) is 6.22. The number of hydrogen-bond donors (Lipinski definition) is 1. The van der Waals surface area contributed by atoms with Crippen molar-refractivity contribution in [1.82, 2.24) is 4.72 Å². The summed E-state index contributed by atoms with van der Waals surface area (Å²) in [6, 6.07) is 10.8. The normalized spacial score (nSPS) is 18.2. The van der Waals surface area contributed by atoms with Gasteiger partial charge in [0.1, 0.15) is 0 Å². The molecule has 0 aliphatic heterocycles. The molecule has 0 bridgehead atoms. The lowest BCUT2D eigenvalue weighted by Gasteiger charge is -2.26. The monoisotopic (exact) mass is 355 g/mol. The average molecular weight is 355 g/mol. The molecule has 1 unspecified atom stereocenters. The first-order chi connectivity index (χ1) is 11.3. The van der Waals surface area contributed by atoms with Gasteiger partial charge in [-0.05, 0) is 54.7 Å². The summed E-state index contributed by atoms with van der Waals surface area (Å²) in [4.78, 5) is -0.168. The zero-order valence-electron chi connectivity index (χ0n) is 12.7. The molecular weight excluding hydrogens is 339 g/mol. The van der Waals surface area contributed by atoms with Crippen LogP contribution >= 0.6 is 0 Å². The molecule has 1 N–H and O–H groups in total. The van der Waals surface area contributed by atoms with Gasteiger partial charge in [0.05, 0.1) is 10.5 Å². The van der Waals surface area contributed by atoms with E-state index in [0.29, 0.717) is 6.42 Å². The van der Waals surface area contributed by atoms with Crippen molar-refractivity contribution in [3.05, 3.63) is 65.2 Å². The summed E-state index contributed by atoms with van der Waals surface area (Å²) >= 11 is 0. The van der Waals surface area contributed by atoms with Gasteiger partial charge in [0.2, 0.25) is 10.0 Å². The molecular formula is C17H16F3NO2S. The molecule has 128 valence electrons. The van der Waals surface area contributed by atoms with Gasteiger partial charge in [-0.25, -0.2) is 13.1 Å². The summed E-state index contributed by atoms with van der Waals surface area (Å²) < 4.78 is 65.3. The highest BCUT2D eigenvalue weighted by atomic mass is 32.2. The quantitative estimate of drug-likeness (QED) is 0.902. The first kappa shape index (κ1) is 17.0. The molecule has 0 spiro atoms. The Hall–Kier alpha value is -1.86. The van der Waals surface area contributed by atoms with Gasteiger partial charge in [0.15, 0.2) is 0 Å². The molecule has 0 saturated heterocycles. The van der Waals surface area contributed by atoms with E-state index in [-0.39, 0.29) is 10.9 Å². The second-order valence-electron chi connectivity index (χ2n) is 5.79. The molecule has 0 saturated carbocycles. The number of fused-ring (bicyclic) bond motifs is 1. The molecule has 24 heavy (non-hydrogen) atoms. The SMILES string of the molecule is O=S(=O)(NC1CCCc2ccccc21)c1ccc(C(F)(F)F)cc1. The number of hydrogen-bond acceptors (Lipinski definition) is 2. The van der Waals surface area contributed by atoms with E-state index < -0.39 is 21.8 Å². The van der Waals surface area contributed by atoms with Gasteiger partial charge >= 0.3 is 6.18 Å². The Labute approximate surface area is 138 Å². The molecule has 0 fully saturated rings. The topological polar surface area (TPSA) is 46.2 Å². The summed E-state index contributed by atoms with van der Waals surface area (Å²) in [6.45, 7) is 0. The molecule has 3 nitrogen and oxygen atoms in total. The van der Waals surface area contributed by atoms with Crippen molar-refractivity contribution in [3.63, 3.8) is 0 Å². The maximum Gasteiger partial charge on any atom is 0.416 e. The minimum Gasteiger partial charge on any atom is -0.207 e. The van der Waals surface area contributed by atoms with E-state index in [0.717, 1.165) is 48.2 Å². The molecule has 1 atom stereocenters. The number of benzene rings is 2. The van der Waals surface area contributed by atoms with Gasteiger partial charge in [-0.15, -0.1) is 0 Å². The van der Waals surface area contributed by atoms with E-state index in [1.54, 1.807) is 0 Å². The molecule has 3 rings (SSSR count). The van der Waals surface area contributed by atoms with Crippen molar-refractivity contribution in [2.75, 3.05) is 0 Å². The van der Waals surface area contributed by atoms with E-state index in [1.165, 1.54) is 0 Å².